The van der Waals surface area contributed by atoms with Crippen molar-refractivity contribution in [1.29, 1.82) is 0 Å². The summed E-state index contributed by atoms with van der Waals surface area (Å²) >= 11 is 0. The van der Waals surface area contributed by atoms with Crippen LogP contribution in [0.5, 0.6) is 0 Å². The van der Waals surface area contributed by atoms with Gasteiger partial charge in [0, 0.05) is 13.0 Å². The van der Waals surface area contributed by atoms with Gasteiger partial charge < -0.3 is 19.6 Å². The van der Waals surface area contributed by atoms with Crippen molar-refractivity contribution in [1.82, 2.24) is 5.32 Å². The second kappa shape index (κ2) is 9.48. The summed E-state index contributed by atoms with van der Waals surface area (Å²) in [5.74, 6) is 0.216. The van der Waals surface area contributed by atoms with Crippen LogP contribution in [0.15, 0.2) is 0 Å². The number of hydrogen-bond donors (Lipinski definition) is 1. The predicted molar refractivity (Wildman–Crippen MR) is 83.1 cm³/mol. The Morgan fingerprint density at radius 1 is 1.00 bits per heavy atom. The third-order valence-corrected chi connectivity index (χ3v) is 3.30. The number of Topliss-reactive ketones (excluding diaryl/α,β-unsaturated/α-hetero) is 1. The molecule has 0 amide bonds. The van der Waals surface area contributed by atoms with Gasteiger partial charge in [0.25, 0.3) is 0 Å². The first-order valence-electron chi connectivity index (χ1n) is 7.66. The van der Waals surface area contributed by atoms with Gasteiger partial charge in [0.2, 0.25) is 0 Å². The van der Waals surface area contributed by atoms with Crippen LogP contribution in [-0.2, 0) is 14.3 Å². The van der Waals surface area contributed by atoms with E-state index in [4.69, 9.17) is 9.47 Å². The predicted octanol–water partition coefficient (Wildman–Crippen LogP) is 2.95. The maximum Gasteiger partial charge on any atom is 0.129 e. The van der Waals surface area contributed by atoms with E-state index in [-0.39, 0.29) is 17.0 Å². The molecule has 0 atom stereocenters. The molecule has 0 aliphatic carbocycles. The van der Waals surface area contributed by atoms with Crippen LogP contribution in [0.3, 0.4) is 0 Å². The van der Waals surface area contributed by atoms with Crippen molar-refractivity contribution < 1.29 is 14.3 Å². The van der Waals surface area contributed by atoms with E-state index >= 15 is 0 Å². The van der Waals surface area contributed by atoms with Crippen molar-refractivity contribution in [2.24, 2.45) is 0 Å². The molecule has 0 aromatic heterocycles. The smallest absolute Gasteiger partial charge is 0.129 e. The molecule has 0 spiro atoms. The molecule has 0 radical (unpaired) electrons. The lowest BCUT2D eigenvalue weighted by Gasteiger charge is -2.29. The highest BCUT2D eigenvalue weighted by Gasteiger charge is 2.22. The number of nitrogens with one attached hydrogen (secondary N) is 1. The Morgan fingerprint density at radius 3 is 2.10 bits per heavy atom. The molecule has 0 unspecified atom stereocenters. The summed E-state index contributed by atoms with van der Waals surface area (Å²) in [5.41, 5.74) is -0.419. The average Bonchev–Trinajstić information content (AvgIpc) is 2.32. The fourth-order valence-electron chi connectivity index (χ4n) is 1.77. The van der Waals surface area contributed by atoms with E-state index in [0.717, 1.165) is 25.9 Å². The van der Waals surface area contributed by atoms with Crippen LogP contribution in [0.2, 0.25) is 0 Å². The van der Waals surface area contributed by atoms with Gasteiger partial charge in [0.1, 0.15) is 5.78 Å². The molecule has 0 aromatic rings. The largest absolute Gasteiger partial charge is 0.375 e. The van der Waals surface area contributed by atoms with Gasteiger partial charge in [-0.2, -0.15) is 0 Å². The van der Waals surface area contributed by atoms with Gasteiger partial charge in [-0.3, -0.25) is 0 Å². The quantitative estimate of drug-likeness (QED) is 0.561. The van der Waals surface area contributed by atoms with Gasteiger partial charge in [0.05, 0.1) is 24.4 Å². The average molecular weight is 287 g/mol. The molecular formula is C16H33NO3. The number of hydrogen-bond acceptors (Lipinski definition) is 4. The number of carbonyl (C=O) groups excluding carboxylic acids is 1. The van der Waals surface area contributed by atoms with Crippen LogP contribution in [0, 0.1) is 0 Å². The lowest BCUT2D eigenvalue weighted by Crippen LogP contribution is -2.33. The topological polar surface area (TPSA) is 47.6 Å². The summed E-state index contributed by atoms with van der Waals surface area (Å²) in [6.07, 6.45) is 2.20. The fourth-order valence-corrected chi connectivity index (χ4v) is 1.77. The molecule has 0 saturated heterocycles. The molecule has 0 saturated carbocycles. The molecule has 0 rings (SSSR count). The summed E-state index contributed by atoms with van der Waals surface area (Å²) in [7, 11) is 0. The SMILES string of the molecule is CCNCCOC(C)(C)CCOC(C)(C)CCC(C)=O. The lowest BCUT2D eigenvalue weighted by molar-refractivity contribution is -0.119. The maximum atomic E-state index is 11.0. The second-order valence-electron chi connectivity index (χ2n) is 6.52. The monoisotopic (exact) mass is 287 g/mol. The Hall–Kier alpha value is -0.450. The van der Waals surface area contributed by atoms with Crippen LogP contribution in [0.1, 0.15) is 60.8 Å². The normalized spacial score (nSPS) is 12.7. The van der Waals surface area contributed by atoms with Crippen molar-refractivity contribution in [2.45, 2.75) is 72.0 Å². The van der Waals surface area contributed by atoms with E-state index in [0.29, 0.717) is 19.6 Å². The minimum absolute atomic E-state index is 0.175. The first-order valence-corrected chi connectivity index (χ1v) is 7.66. The summed E-state index contributed by atoms with van der Waals surface area (Å²) < 4.78 is 11.7. The van der Waals surface area contributed by atoms with Gasteiger partial charge in [-0.1, -0.05) is 6.92 Å². The van der Waals surface area contributed by atoms with Crippen molar-refractivity contribution >= 4 is 5.78 Å². The molecule has 4 nitrogen and oxygen atoms in total. The highest BCUT2D eigenvalue weighted by Crippen LogP contribution is 2.20. The summed E-state index contributed by atoms with van der Waals surface area (Å²) in [6.45, 7) is 15.2. The third-order valence-electron chi connectivity index (χ3n) is 3.30. The zero-order valence-corrected chi connectivity index (χ0v) is 14.2. The Kier molecular flexibility index (Phi) is 9.27. The summed E-state index contributed by atoms with van der Waals surface area (Å²) in [6, 6.07) is 0. The fraction of sp³-hybridized carbons (Fsp3) is 0.938. The van der Waals surface area contributed by atoms with Gasteiger partial charge in [-0.05, 0) is 54.0 Å². The number of likely N-dealkylation sites (N-methyl/N-ethyl adjacent to an activating group) is 1. The molecule has 4 heteroatoms. The molecule has 0 aromatic carbocycles. The van der Waals surface area contributed by atoms with E-state index < -0.39 is 0 Å². The lowest BCUT2D eigenvalue weighted by atomic mass is 10.0. The maximum absolute atomic E-state index is 11.0. The third kappa shape index (κ3) is 11.4. The van der Waals surface area contributed by atoms with Gasteiger partial charge in [0.15, 0.2) is 0 Å². The first-order chi connectivity index (χ1) is 9.18. The highest BCUT2D eigenvalue weighted by molar-refractivity contribution is 5.75. The van der Waals surface area contributed by atoms with E-state index in [1.807, 2.05) is 13.8 Å². The zero-order valence-electron chi connectivity index (χ0n) is 14.2. The number of rotatable bonds is 12. The number of ketones is 1. The summed E-state index contributed by atoms with van der Waals surface area (Å²) in [4.78, 5) is 11.0. The van der Waals surface area contributed by atoms with Gasteiger partial charge >= 0.3 is 0 Å². The van der Waals surface area contributed by atoms with Crippen LogP contribution >= 0.6 is 0 Å². The Morgan fingerprint density at radius 2 is 1.55 bits per heavy atom. The van der Waals surface area contributed by atoms with E-state index in [1.54, 1.807) is 6.92 Å². The summed E-state index contributed by atoms with van der Waals surface area (Å²) in [5, 5.41) is 3.24. The minimum Gasteiger partial charge on any atom is -0.375 e. The van der Waals surface area contributed by atoms with E-state index in [9.17, 15) is 4.79 Å². The Balaban J connectivity index is 3.86. The molecule has 120 valence electrons. The van der Waals surface area contributed by atoms with Crippen molar-refractivity contribution in [3.05, 3.63) is 0 Å². The molecule has 0 aliphatic rings. The van der Waals surface area contributed by atoms with Crippen molar-refractivity contribution in [3.8, 4) is 0 Å². The first kappa shape index (κ1) is 19.6. The van der Waals surface area contributed by atoms with Crippen LogP contribution in [0.4, 0.5) is 0 Å². The zero-order chi connectivity index (χ0) is 15.6. The highest BCUT2D eigenvalue weighted by atomic mass is 16.5. The molecule has 0 fully saturated rings. The minimum atomic E-state index is -0.245. The van der Waals surface area contributed by atoms with Crippen LogP contribution in [-0.4, -0.2) is 43.3 Å². The second-order valence-corrected chi connectivity index (χ2v) is 6.52. The molecular weight excluding hydrogens is 254 g/mol. The molecule has 0 aliphatic heterocycles. The van der Waals surface area contributed by atoms with Gasteiger partial charge in [-0.15, -0.1) is 0 Å². The molecule has 0 heterocycles. The van der Waals surface area contributed by atoms with E-state index in [2.05, 4.69) is 26.1 Å². The molecule has 0 bridgehead atoms. The Labute approximate surface area is 124 Å². The number of carbonyl (C=O) groups is 1. The van der Waals surface area contributed by atoms with Crippen molar-refractivity contribution in [2.75, 3.05) is 26.3 Å². The van der Waals surface area contributed by atoms with E-state index in [1.165, 1.54) is 0 Å². The van der Waals surface area contributed by atoms with Crippen molar-refractivity contribution in [3.63, 3.8) is 0 Å². The molecule has 20 heavy (non-hydrogen) atoms. The number of ether oxygens (including phenoxy) is 2. The molecule has 1 N–H and O–H groups in total. The van der Waals surface area contributed by atoms with Crippen LogP contribution < -0.4 is 5.32 Å². The van der Waals surface area contributed by atoms with Crippen LogP contribution in [0.25, 0.3) is 0 Å². The Bertz CT molecular complexity index is 275. The standard InChI is InChI=1S/C16H33NO3/c1-7-17-11-13-20-16(5,6)10-12-19-15(3,4)9-8-14(2)18/h17H,7-13H2,1-6H3. The van der Waals surface area contributed by atoms with Gasteiger partial charge in [-0.25, -0.2) is 0 Å².